The van der Waals surface area contributed by atoms with Gasteiger partial charge in [-0.2, -0.15) is 0 Å². The highest BCUT2D eigenvalue weighted by atomic mass is 16.5. The predicted octanol–water partition coefficient (Wildman–Crippen LogP) is 4.77. The third kappa shape index (κ3) is 3.67. The lowest BCUT2D eigenvalue weighted by Crippen LogP contribution is -2.57. The molecule has 1 amide bonds. The molecule has 3 aliphatic carbocycles. The molecule has 9 nitrogen and oxygen atoms in total. The number of amides is 1. The van der Waals surface area contributed by atoms with Crippen molar-refractivity contribution >= 4 is 28.9 Å². The van der Waals surface area contributed by atoms with Gasteiger partial charge >= 0.3 is 5.97 Å². The lowest BCUT2D eigenvalue weighted by atomic mass is 9.49. The van der Waals surface area contributed by atoms with Gasteiger partial charge in [-0.15, -0.1) is 0 Å². The van der Waals surface area contributed by atoms with Gasteiger partial charge in [0, 0.05) is 28.9 Å². The molecule has 0 radical (unpaired) electrons. The van der Waals surface area contributed by atoms with Gasteiger partial charge in [-0.3, -0.25) is 9.59 Å². The Morgan fingerprint density at radius 3 is 2.60 bits per heavy atom. The number of phenolic OH excluding ortho intramolecular Hbond substituents is 1. The molecule has 40 heavy (non-hydrogen) atoms. The molecule has 4 N–H and O–H groups in total. The standard InChI is InChI=1S/C31H33NO8/c1-29(11-10-23(34)32-24-20(33)9-8-18(25(24)35)28(37)38)26-22-12-16-13-31(26,15-30(16,2)40-22)14-19(27(29)36)17-6-4-5-7-21(17)39-3/h4-9,14,16,22,26,33,35H,10-13,15H2,1-3H3,(H,32,34)(H,37,38)/t16-,22-,26-,29-,30-,31+/m0/s1. The molecule has 2 saturated heterocycles. The molecule has 2 heterocycles. The van der Waals surface area contributed by atoms with E-state index in [-0.39, 0.29) is 47.4 Å². The number of aromatic hydroxyl groups is 2. The van der Waals surface area contributed by atoms with Crippen molar-refractivity contribution in [3.8, 4) is 17.2 Å². The number of Topliss-reactive ketones (excluding diaryl/α,β-unsaturated/α-hetero) is 1. The maximum absolute atomic E-state index is 14.4. The second-order valence-corrected chi connectivity index (χ2v) is 12.2. The van der Waals surface area contributed by atoms with Crippen molar-refractivity contribution in [2.24, 2.45) is 22.7 Å². The van der Waals surface area contributed by atoms with E-state index in [9.17, 15) is 29.7 Å². The van der Waals surface area contributed by atoms with Crippen LogP contribution in [0.2, 0.25) is 0 Å². The number of carbonyl (C=O) groups excluding carboxylic acids is 2. The van der Waals surface area contributed by atoms with Crippen molar-refractivity contribution in [3.05, 3.63) is 53.6 Å². The summed E-state index contributed by atoms with van der Waals surface area (Å²) < 4.78 is 12.2. The zero-order valence-electron chi connectivity index (χ0n) is 22.7. The van der Waals surface area contributed by atoms with Crippen molar-refractivity contribution in [2.75, 3.05) is 12.4 Å². The highest BCUT2D eigenvalue weighted by Gasteiger charge is 2.72. The van der Waals surface area contributed by atoms with E-state index >= 15 is 0 Å². The lowest BCUT2D eigenvalue weighted by Gasteiger charge is -2.56. The zero-order valence-corrected chi connectivity index (χ0v) is 22.7. The number of phenols is 2. The van der Waals surface area contributed by atoms with E-state index in [0.717, 1.165) is 37.0 Å². The molecular weight excluding hydrogens is 514 g/mol. The summed E-state index contributed by atoms with van der Waals surface area (Å²) in [4.78, 5) is 39.0. The second-order valence-electron chi connectivity index (χ2n) is 12.2. The molecule has 0 unspecified atom stereocenters. The van der Waals surface area contributed by atoms with E-state index in [0.29, 0.717) is 17.2 Å². The van der Waals surface area contributed by atoms with Crippen molar-refractivity contribution in [1.29, 1.82) is 0 Å². The van der Waals surface area contributed by atoms with E-state index in [2.05, 4.69) is 18.3 Å². The molecule has 6 atom stereocenters. The van der Waals surface area contributed by atoms with Crippen LogP contribution in [0.25, 0.3) is 5.57 Å². The van der Waals surface area contributed by atoms with Gasteiger partial charge in [-0.25, -0.2) is 4.79 Å². The summed E-state index contributed by atoms with van der Waals surface area (Å²) >= 11 is 0. The Balaban J connectivity index is 1.34. The van der Waals surface area contributed by atoms with Crippen LogP contribution < -0.4 is 10.1 Å². The number of ketones is 1. The van der Waals surface area contributed by atoms with Gasteiger partial charge in [0.05, 0.1) is 18.8 Å². The average molecular weight is 548 g/mol. The van der Waals surface area contributed by atoms with E-state index < -0.39 is 34.4 Å². The second kappa shape index (κ2) is 8.83. The van der Waals surface area contributed by atoms with Gasteiger partial charge in [-0.05, 0) is 62.1 Å². The number of hydrogen-bond donors (Lipinski definition) is 4. The number of hydrogen-bond acceptors (Lipinski definition) is 7. The van der Waals surface area contributed by atoms with Crippen LogP contribution in [0.1, 0.15) is 61.9 Å². The number of para-hydroxylation sites is 1. The van der Waals surface area contributed by atoms with Crippen LogP contribution in [-0.4, -0.2) is 51.8 Å². The molecule has 9 heteroatoms. The fourth-order valence-electron chi connectivity index (χ4n) is 8.33. The Labute approximate surface area is 231 Å². The number of ether oxygens (including phenoxy) is 2. The minimum atomic E-state index is -1.39. The number of benzene rings is 2. The van der Waals surface area contributed by atoms with Crippen LogP contribution in [0.4, 0.5) is 5.69 Å². The molecule has 4 fully saturated rings. The summed E-state index contributed by atoms with van der Waals surface area (Å²) in [5, 5.41) is 32.3. The van der Waals surface area contributed by atoms with Gasteiger partial charge in [0.25, 0.3) is 0 Å². The minimum absolute atomic E-state index is 0.0680. The fraction of sp³-hybridized carbons (Fsp3) is 0.452. The quantitative estimate of drug-likeness (QED) is 0.363. The largest absolute Gasteiger partial charge is 0.506 e. The summed E-state index contributed by atoms with van der Waals surface area (Å²) in [6.45, 7) is 4.10. The molecule has 2 saturated carbocycles. The van der Waals surface area contributed by atoms with Crippen molar-refractivity contribution in [3.63, 3.8) is 0 Å². The van der Waals surface area contributed by atoms with Gasteiger partial charge in [-0.1, -0.05) is 31.2 Å². The summed E-state index contributed by atoms with van der Waals surface area (Å²) in [5.74, 6) is -2.28. The molecule has 7 rings (SSSR count). The first kappa shape index (κ1) is 26.4. The fourth-order valence-corrected chi connectivity index (χ4v) is 8.33. The number of carboxylic acids is 1. The van der Waals surface area contributed by atoms with Gasteiger partial charge in [0.15, 0.2) is 11.5 Å². The summed E-state index contributed by atoms with van der Waals surface area (Å²) in [6, 6.07) is 9.62. The Bertz CT molecular complexity index is 1480. The Kier molecular flexibility index (Phi) is 5.82. The molecule has 1 spiro atoms. The van der Waals surface area contributed by atoms with E-state index in [4.69, 9.17) is 9.47 Å². The first-order valence-corrected chi connectivity index (χ1v) is 13.6. The van der Waals surface area contributed by atoms with Crippen LogP contribution in [0, 0.1) is 22.7 Å². The van der Waals surface area contributed by atoms with Crippen LogP contribution in [-0.2, 0) is 14.3 Å². The third-order valence-corrected chi connectivity index (χ3v) is 9.90. The van der Waals surface area contributed by atoms with E-state index in [1.807, 2.05) is 31.2 Å². The van der Waals surface area contributed by atoms with Gasteiger partial charge < -0.3 is 30.1 Å². The summed E-state index contributed by atoms with van der Waals surface area (Å²) in [7, 11) is 1.58. The van der Waals surface area contributed by atoms with Crippen LogP contribution >= 0.6 is 0 Å². The maximum atomic E-state index is 14.4. The number of carboxylic acid groups (broad SMARTS) is 1. The number of carbonyl (C=O) groups is 3. The molecule has 5 aliphatic rings. The summed E-state index contributed by atoms with van der Waals surface area (Å²) in [5.41, 5.74) is -0.894. The normalized spacial score (nSPS) is 33.4. The summed E-state index contributed by atoms with van der Waals surface area (Å²) in [6.07, 6.45) is 4.81. The van der Waals surface area contributed by atoms with Crippen LogP contribution in [0.5, 0.6) is 17.2 Å². The number of rotatable bonds is 7. The molecule has 210 valence electrons. The van der Waals surface area contributed by atoms with Crippen molar-refractivity contribution < 1.29 is 39.2 Å². The van der Waals surface area contributed by atoms with Crippen LogP contribution in [0.3, 0.4) is 0 Å². The first-order chi connectivity index (χ1) is 18.9. The zero-order chi connectivity index (χ0) is 28.6. The minimum Gasteiger partial charge on any atom is -0.506 e. The molecule has 0 aromatic heterocycles. The Morgan fingerprint density at radius 2 is 1.90 bits per heavy atom. The Morgan fingerprint density at radius 1 is 1.15 bits per heavy atom. The van der Waals surface area contributed by atoms with Crippen LogP contribution in [0.15, 0.2) is 42.5 Å². The third-order valence-electron chi connectivity index (χ3n) is 9.90. The molecular formula is C31H33NO8. The topological polar surface area (TPSA) is 142 Å². The predicted molar refractivity (Wildman–Crippen MR) is 145 cm³/mol. The monoisotopic (exact) mass is 547 g/mol. The van der Waals surface area contributed by atoms with Gasteiger partial charge in [0.1, 0.15) is 22.7 Å². The Hall–Kier alpha value is -3.85. The molecule has 2 aromatic rings. The van der Waals surface area contributed by atoms with Crippen molar-refractivity contribution in [1.82, 2.24) is 0 Å². The molecule has 2 aliphatic heterocycles. The highest BCUT2D eigenvalue weighted by molar-refractivity contribution is 6.25. The smallest absolute Gasteiger partial charge is 0.339 e. The number of nitrogens with one attached hydrogen (secondary N) is 1. The average Bonchev–Trinajstić information content (AvgIpc) is 3.28. The lowest BCUT2D eigenvalue weighted by molar-refractivity contribution is -0.168. The number of methoxy groups -OCH3 is 1. The van der Waals surface area contributed by atoms with Crippen molar-refractivity contribution in [2.45, 2.75) is 57.7 Å². The molecule has 4 bridgehead atoms. The molecule has 2 aromatic carbocycles. The van der Waals surface area contributed by atoms with E-state index in [1.165, 1.54) is 0 Å². The first-order valence-electron chi connectivity index (χ1n) is 13.6. The maximum Gasteiger partial charge on any atom is 0.339 e. The number of aromatic carboxylic acids is 1. The SMILES string of the molecule is COc1ccccc1C1=C[C@]23C[C@@H]4C[C@H](O[C@@]4(C)C2)[C@H]3[C@](C)(CCC(=O)Nc2c(O)ccc(C(=O)O)c2O)C1=O. The number of anilines is 1. The number of allylic oxidation sites excluding steroid dienone is 2. The van der Waals surface area contributed by atoms with E-state index in [1.54, 1.807) is 7.11 Å². The van der Waals surface area contributed by atoms with Gasteiger partial charge in [0.2, 0.25) is 5.91 Å². The highest BCUT2D eigenvalue weighted by Crippen LogP contribution is 2.72.